The van der Waals surface area contributed by atoms with Gasteiger partial charge in [-0.2, -0.15) is 0 Å². The number of nitrogens with zero attached hydrogens (tertiary/aromatic N) is 4. The van der Waals surface area contributed by atoms with Crippen molar-refractivity contribution in [2.24, 2.45) is 5.92 Å². The Morgan fingerprint density at radius 2 is 1.87 bits per heavy atom. The van der Waals surface area contributed by atoms with E-state index >= 15 is 0 Å². The van der Waals surface area contributed by atoms with Crippen LogP contribution in [0.5, 0.6) is 0 Å². The molecule has 31 heavy (non-hydrogen) atoms. The van der Waals surface area contributed by atoms with Crippen LogP contribution in [0.15, 0.2) is 18.5 Å². The molecule has 9 nitrogen and oxygen atoms in total. The van der Waals surface area contributed by atoms with E-state index in [4.69, 9.17) is 5.41 Å². The minimum atomic E-state index is -1.10. The van der Waals surface area contributed by atoms with Crippen LogP contribution >= 0.6 is 0 Å². The van der Waals surface area contributed by atoms with Crippen LogP contribution in [0, 0.1) is 11.3 Å². The number of carboxylic acid groups (broad SMARTS) is 1. The largest absolute Gasteiger partial charge is 0.477 e. The van der Waals surface area contributed by atoms with Crippen molar-refractivity contribution in [2.75, 3.05) is 37.4 Å². The van der Waals surface area contributed by atoms with Crippen LogP contribution < -0.4 is 15.5 Å². The lowest BCUT2D eigenvalue weighted by atomic mass is 9.87. The quantitative estimate of drug-likeness (QED) is 0.501. The zero-order chi connectivity index (χ0) is 22.0. The number of carboxylic acids is 1. The second kappa shape index (κ2) is 8.97. The predicted molar refractivity (Wildman–Crippen MR) is 120 cm³/mol. The molecule has 164 valence electrons. The van der Waals surface area contributed by atoms with Crippen molar-refractivity contribution < 1.29 is 9.90 Å². The summed E-state index contributed by atoms with van der Waals surface area (Å²) in [5, 5.41) is 25.3. The third-order valence-corrected chi connectivity index (χ3v) is 5.99. The molecule has 0 unspecified atom stereocenters. The fourth-order valence-electron chi connectivity index (χ4n) is 4.09. The van der Waals surface area contributed by atoms with Crippen molar-refractivity contribution >= 4 is 23.4 Å². The molecule has 1 saturated heterocycles. The Morgan fingerprint density at radius 1 is 1.19 bits per heavy atom. The van der Waals surface area contributed by atoms with Gasteiger partial charge in [-0.15, -0.1) is 0 Å². The van der Waals surface area contributed by atoms with Gasteiger partial charge in [0.05, 0.1) is 0 Å². The minimum absolute atomic E-state index is 0.0479. The molecule has 4 rings (SSSR count). The van der Waals surface area contributed by atoms with Crippen molar-refractivity contribution in [1.29, 1.82) is 5.41 Å². The Hall–Kier alpha value is -3.07. The van der Waals surface area contributed by atoms with Crippen LogP contribution in [0.25, 0.3) is 11.1 Å². The molecular weight excluding hydrogens is 394 g/mol. The van der Waals surface area contributed by atoms with E-state index < -0.39 is 5.97 Å². The maximum atomic E-state index is 11.9. The zero-order valence-corrected chi connectivity index (χ0v) is 18.0. The van der Waals surface area contributed by atoms with Crippen molar-refractivity contribution in [1.82, 2.24) is 20.3 Å². The van der Waals surface area contributed by atoms with Crippen LogP contribution in [0.3, 0.4) is 0 Å². The molecule has 1 aliphatic carbocycles. The summed E-state index contributed by atoms with van der Waals surface area (Å²) in [5.74, 6) is 0.0271. The Kier molecular flexibility index (Phi) is 6.13. The fraction of sp³-hybridized carbons (Fsp3) is 0.500. The molecule has 1 aliphatic heterocycles. The minimum Gasteiger partial charge on any atom is -0.477 e. The summed E-state index contributed by atoms with van der Waals surface area (Å²) in [7, 11) is 3.72. The monoisotopic (exact) mass is 423 g/mol. The molecule has 0 amide bonds. The first-order valence-electron chi connectivity index (χ1n) is 10.8. The summed E-state index contributed by atoms with van der Waals surface area (Å²) in [6.07, 6.45) is 8.91. The zero-order valence-electron chi connectivity index (χ0n) is 18.0. The van der Waals surface area contributed by atoms with E-state index in [9.17, 15) is 9.90 Å². The van der Waals surface area contributed by atoms with Crippen molar-refractivity contribution in [3.05, 3.63) is 29.7 Å². The smallest absolute Gasteiger partial charge is 0.354 e. The van der Waals surface area contributed by atoms with E-state index in [1.165, 1.54) is 6.42 Å². The second-order valence-electron chi connectivity index (χ2n) is 8.50. The van der Waals surface area contributed by atoms with Crippen molar-refractivity contribution in [3.63, 3.8) is 0 Å². The van der Waals surface area contributed by atoms with Gasteiger partial charge in [-0.1, -0.05) is 19.3 Å². The molecule has 2 aromatic heterocycles. The first-order valence-corrected chi connectivity index (χ1v) is 10.8. The van der Waals surface area contributed by atoms with Crippen LogP contribution in [0.4, 0.5) is 11.8 Å². The molecule has 2 fully saturated rings. The molecule has 2 aromatic rings. The lowest BCUT2D eigenvalue weighted by molar-refractivity contribution is 0.0690. The van der Waals surface area contributed by atoms with Gasteiger partial charge in [0.2, 0.25) is 5.95 Å². The average molecular weight is 424 g/mol. The number of hydrogen-bond acceptors (Lipinski definition) is 8. The number of rotatable bonds is 7. The summed E-state index contributed by atoms with van der Waals surface area (Å²) in [4.78, 5) is 26.9. The highest BCUT2D eigenvalue weighted by molar-refractivity contribution is 6.10. The lowest BCUT2D eigenvalue weighted by Crippen LogP contribution is -2.47. The third kappa shape index (κ3) is 4.51. The van der Waals surface area contributed by atoms with E-state index in [-0.39, 0.29) is 17.7 Å². The summed E-state index contributed by atoms with van der Waals surface area (Å²) in [6, 6.07) is 1.77. The molecule has 2 aliphatic rings. The van der Waals surface area contributed by atoms with Crippen LogP contribution in [-0.4, -0.2) is 65.0 Å². The van der Waals surface area contributed by atoms with Gasteiger partial charge in [-0.3, -0.25) is 0 Å². The Bertz CT molecular complexity index is 965. The number of anilines is 2. The molecule has 0 aromatic carbocycles. The van der Waals surface area contributed by atoms with Gasteiger partial charge >= 0.3 is 5.97 Å². The summed E-state index contributed by atoms with van der Waals surface area (Å²) in [5.41, 5.74) is 2.38. The number of pyridine rings is 1. The van der Waals surface area contributed by atoms with Gasteiger partial charge in [-0.05, 0) is 24.5 Å². The molecule has 3 heterocycles. The molecule has 9 heteroatoms. The van der Waals surface area contributed by atoms with Gasteiger partial charge in [0.15, 0.2) is 5.69 Å². The maximum Gasteiger partial charge on any atom is 0.354 e. The maximum absolute atomic E-state index is 11.9. The summed E-state index contributed by atoms with van der Waals surface area (Å²) < 4.78 is 0. The van der Waals surface area contributed by atoms with Crippen LogP contribution in [-0.2, 0) is 0 Å². The van der Waals surface area contributed by atoms with Crippen molar-refractivity contribution in [3.8, 4) is 11.1 Å². The Morgan fingerprint density at radius 3 is 2.42 bits per heavy atom. The van der Waals surface area contributed by atoms with Crippen LogP contribution in [0.1, 0.15) is 48.2 Å². The SMILES string of the molecule is CN(C)c1ncc(-c2cc(C(=O)O)nc(NC3CCCCC3)c2C(=N)C2CNC2)cn1. The normalized spacial score (nSPS) is 17.1. The number of aromatic nitrogens is 3. The van der Waals surface area contributed by atoms with Gasteiger partial charge < -0.3 is 26.0 Å². The molecule has 0 bridgehead atoms. The Labute approximate surface area is 181 Å². The van der Waals surface area contributed by atoms with E-state index in [2.05, 4.69) is 25.6 Å². The topological polar surface area (TPSA) is 127 Å². The summed E-state index contributed by atoms with van der Waals surface area (Å²) in [6.45, 7) is 1.47. The van der Waals surface area contributed by atoms with E-state index in [1.54, 1.807) is 23.4 Å². The van der Waals surface area contributed by atoms with E-state index in [0.29, 0.717) is 34.2 Å². The lowest BCUT2D eigenvalue weighted by Gasteiger charge is -2.31. The van der Waals surface area contributed by atoms with Gasteiger partial charge in [0.25, 0.3) is 0 Å². The van der Waals surface area contributed by atoms with E-state index in [1.807, 2.05) is 14.1 Å². The third-order valence-electron chi connectivity index (χ3n) is 5.99. The highest BCUT2D eigenvalue weighted by Gasteiger charge is 2.30. The predicted octanol–water partition coefficient (Wildman–Crippen LogP) is 2.63. The first kappa shape index (κ1) is 21.2. The summed E-state index contributed by atoms with van der Waals surface area (Å²) >= 11 is 0. The Balaban J connectivity index is 1.83. The van der Waals surface area contributed by atoms with Crippen molar-refractivity contribution in [2.45, 2.75) is 38.1 Å². The molecule has 0 radical (unpaired) electrons. The van der Waals surface area contributed by atoms with E-state index in [0.717, 1.165) is 38.8 Å². The molecule has 0 spiro atoms. The molecular formula is C22H29N7O2. The molecule has 1 saturated carbocycles. The van der Waals surface area contributed by atoms with Gasteiger partial charge in [0, 0.05) is 68.4 Å². The highest BCUT2D eigenvalue weighted by Crippen LogP contribution is 2.33. The second-order valence-corrected chi connectivity index (χ2v) is 8.50. The highest BCUT2D eigenvalue weighted by atomic mass is 16.4. The molecule has 0 atom stereocenters. The number of carbonyl (C=O) groups is 1. The van der Waals surface area contributed by atoms with Gasteiger partial charge in [-0.25, -0.2) is 19.7 Å². The first-order chi connectivity index (χ1) is 14.9. The van der Waals surface area contributed by atoms with Crippen LogP contribution in [0.2, 0.25) is 0 Å². The van der Waals surface area contributed by atoms with Gasteiger partial charge in [0.1, 0.15) is 5.82 Å². The molecule has 4 N–H and O–H groups in total. The number of hydrogen-bond donors (Lipinski definition) is 4. The number of nitrogens with one attached hydrogen (secondary N) is 3. The number of aromatic carboxylic acids is 1. The average Bonchev–Trinajstić information content (AvgIpc) is 2.72. The fourth-order valence-corrected chi connectivity index (χ4v) is 4.09. The standard InChI is InChI=1S/C22H29N7O2/c1-29(2)22-25-11-13(12-26-22)16-8-17(21(30)31)28-20(27-15-6-4-3-5-7-15)18(16)19(23)14-9-24-10-14/h8,11-12,14-15,23-24H,3-7,9-10H2,1-2H3,(H,27,28)(H,30,31).